The molecule has 1 N–H and O–H groups in total. The highest BCUT2D eigenvalue weighted by Gasteiger charge is 2.21. The lowest BCUT2D eigenvalue weighted by Crippen LogP contribution is -2.14. The van der Waals surface area contributed by atoms with Crippen molar-refractivity contribution in [2.24, 2.45) is 0 Å². The van der Waals surface area contributed by atoms with Crippen LogP contribution >= 0.6 is 11.6 Å². The van der Waals surface area contributed by atoms with Crippen LogP contribution in [0.5, 0.6) is 0 Å². The lowest BCUT2D eigenvalue weighted by Gasteiger charge is -2.10. The third-order valence-electron chi connectivity index (χ3n) is 2.92. The minimum atomic E-state index is -3.97. The Labute approximate surface area is 132 Å². The van der Waals surface area contributed by atoms with E-state index in [4.69, 9.17) is 11.6 Å². The van der Waals surface area contributed by atoms with Crippen LogP contribution in [0, 0.1) is 24.0 Å². The molecule has 0 spiro atoms. The lowest BCUT2D eigenvalue weighted by molar-refractivity contribution is -0.384. The predicted octanol–water partition coefficient (Wildman–Crippen LogP) is 3.06. The van der Waals surface area contributed by atoms with Crippen LogP contribution in [0.2, 0.25) is 5.02 Å². The van der Waals surface area contributed by atoms with E-state index in [2.05, 4.69) is 9.71 Å². The van der Waals surface area contributed by atoms with Gasteiger partial charge in [-0.3, -0.25) is 19.8 Å². The van der Waals surface area contributed by atoms with Crippen LogP contribution in [0.15, 0.2) is 35.4 Å². The molecule has 116 valence electrons. The van der Waals surface area contributed by atoms with Crippen LogP contribution in [0.25, 0.3) is 0 Å². The van der Waals surface area contributed by atoms with Crippen molar-refractivity contribution in [2.75, 3.05) is 4.72 Å². The van der Waals surface area contributed by atoms with E-state index in [9.17, 15) is 18.5 Å². The summed E-state index contributed by atoms with van der Waals surface area (Å²) in [5.41, 5.74) is 1.29. The SMILES string of the molecule is Cc1cc(C)c(NS(=O)(=O)c2ccc(Cl)c([N+](=O)[O-])c2)cn1. The first kappa shape index (κ1) is 16.2. The van der Waals surface area contributed by atoms with E-state index in [1.165, 1.54) is 18.3 Å². The zero-order valence-corrected chi connectivity index (χ0v) is 13.3. The van der Waals surface area contributed by atoms with Crippen LogP contribution in [-0.4, -0.2) is 18.3 Å². The van der Waals surface area contributed by atoms with E-state index in [1.54, 1.807) is 19.9 Å². The molecule has 1 aromatic heterocycles. The summed E-state index contributed by atoms with van der Waals surface area (Å²) in [6.45, 7) is 3.52. The van der Waals surface area contributed by atoms with Gasteiger partial charge in [-0.15, -0.1) is 0 Å². The number of nitrogens with zero attached hydrogens (tertiary/aromatic N) is 2. The van der Waals surface area contributed by atoms with Crippen molar-refractivity contribution in [2.45, 2.75) is 18.7 Å². The molecular weight excluding hydrogens is 330 g/mol. The second-order valence-corrected chi connectivity index (χ2v) is 6.71. The van der Waals surface area contributed by atoms with E-state index < -0.39 is 20.6 Å². The Kier molecular flexibility index (Phi) is 4.34. The molecule has 0 atom stereocenters. The smallest absolute Gasteiger partial charge is 0.278 e. The fourth-order valence-electron chi connectivity index (χ4n) is 1.81. The second kappa shape index (κ2) is 5.90. The largest absolute Gasteiger partial charge is 0.289 e. The Morgan fingerprint density at radius 3 is 2.55 bits per heavy atom. The van der Waals surface area contributed by atoms with Crippen LogP contribution < -0.4 is 4.72 Å². The average Bonchev–Trinajstić information content (AvgIpc) is 2.42. The number of nitro groups is 1. The Morgan fingerprint density at radius 2 is 1.95 bits per heavy atom. The monoisotopic (exact) mass is 341 g/mol. The van der Waals surface area contributed by atoms with E-state index in [-0.39, 0.29) is 9.92 Å². The Morgan fingerprint density at radius 1 is 1.27 bits per heavy atom. The van der Waals surface area contributed by atoms with E-state index in [0.717, 1.165) is 11.8 Å². The number of aryl methyl sites for hydroxylation is 2. The number of hydrogen-bond acceptors (Lipinski definition) is 5. The first-order chi connectivity index (χ1) is 10.2. The van der Waals surface area contributed by atoms with Crippen molar-refractivity contribution in [1.29, 1.82) is 0 Å². The van der Waals surface area contributed by atoms with Gasteiger partial charge in [0.1, 0.15) is 5.02 Å². The molecule has 0 unspecified atom stereocenters. The molecular formula is C13H12ClN3O4S. The number of sulfonamides is 1. The number of nitro benzene ring substituents is 1. The van der Waals surface area contributed by atoms with E-state index >= 15 is 0 Å². The normalized spacial score (nSPS) is 11.2. The molecule has 22 heavy (non-hydrogen) atoms. The Bertz CT molecular complexity index is 852. The van der Waals surface area contributed by atoms with Gasteiger partial charge in [0.25, 0.3) is 15.7 Å². The average molecular weight is 342 g/mol. The zero-order chi connectivity index (χ0) is 16.5. The first-order valence-electron chi connectivity index (χ1n) is 6.11. The number of rotatable bonds is 4. The van der Waals surface area contributed by atoms with Crippen molar-refractivity contribution in [3.8, 4) is 0 Å². The van der Waals surface area contributed by atoms with Gasteiger partial charge in [-0.2, -0.15) is 0 Å². The van der Waals surface area contributed by atoms with Gasteiger partial charge in [0, 0.05) is 11.8 Å². The maximum Gasteiger partial charge on any atom is 0.289 e. The molecule has 0 saturated carbocycles. The number of aromatic nitrogens is 1. The number of pyridine rings is 1. The fourth-order valence-corrected chi connectivity index (χ4v) is 3.13. The summed E-state index contributed by atoms with van der Waals surface area (Å²) >= 11 is 5.68. The molecule has 1 aromatic carbocycles. The topological polar surface area (TPSA) is 102 Å². The van der Waals surface area contributed by atoms with Gasteiger partial charge in [-0.1, -0.05) is 11.6 Å². The third-order valence-corrected chi connectivity index (χ3v) is 4.60. The molecule has 0 aliphatic carbocycles. The number of benzene rings is 1. The summed E-state index contributed by atoms with van der Waals surface area (Å²) in [7, 11) is -3.97. The molecule has 1 heterocycles. The molecule has 0 radical (unpaired) electrons. The van der Waals surface area contributed by atoms with Gasteiger partial charge >= 0.3 is 0 Å². The summed E-state index contributed by atoms with van der Waals surface area (Å²) in [4.78, 5) is 13.9. The van der Waals surface area contributed by atoms with E-state index in [0.29, 0.717) is 11.3 Å². The molecule has 9 heteroatoms. The van der Waals surface area contributed by atoms with Crippen LogP contribution in [0.1, 0.15) is 11.3 Å². The van der Waals surface area contributed by atoms with Crippen molar-refractivity contribution in [3.05, 3.63) is 56.9 Å². The van der Waals surface area contributed by atoms with Crippen LogP contribution in [0.4, 0.5) is 11.4 Å². The minimum absolute atomic E-state index is 0.128. The van der Waals surface area contributed by atoms with Gasteiger partial charge in [0.2, 0.25) is 0 Å². The number of hydrogen-bond donors (Lipinski definition) is 1. The van der Waals surface area contributed by atoms with Crippen LogP contribution in [0.3, 0.4) is 0 Å². The summed E-state index contributed by atoms with van der Waals surface area (Å²) in [6.07, 6.45) is 1.40. The number of anilines is 1. The minimum Gasteiger partial charge on any atom is -0.278 e. The van der Waals surface area contributed by atoms with Crippen LogP contribution in [-0.2, 0) is 10.0 Å². The van der Waals surface area contributed by atoms with Gasteiger partial charge in [-0.05, 0) is 37.6 Å². The Balaban J connectivity index is 2.42. The highest BCUT2D eigenvalue weighted by Crippen LogP contribution is 2.28. The fraction of sp³-hybridized carbons (Fsp3) is 0.154. The molecule has 0 amide bonds. The summed E-state index contributed by atoms with van der Waals surface area (Å²) < 4.78 is 27.0. The quantitative estimate of drug-likeness (QED) is 0.680. The molecule has 7 nitrogen and oxygen atoms in total. The standard InChI is InChI=1S/C13H12ClN3O4S/c1-8-5-9(2)15-7-12(8)16-22(20,21)10-3-4-11(14)13(6-10)17(18)19/h3-7,16H,1-2H3. The highest BCUT2D eigenvalue weighted by molar-refractivity contribution is 7.92. The molecule has 0 aliphatic heterocycles. The van der Waals surface area contributed by atoms with Crippen molar-refractivity contribution >= 4 is 33.0 Å². The maximum absolute atomic E-state index is 12.3. The number of nitrogens with one attached hydrogen (secondary N) is 1. The number of halogens is 1. The lowest BCUT2D eigenvalue weighted by atomic mass is 10.2. The molecule has 0 aliphatic rings. The molecule has 0 saturated heterocycles. The van der Waals surface area contributed by atoms with Gasteiger partial charge in [-0.25, -0.2) is 8.42 Å². The van der Waals surface area contributed by atoms with Gasteiger partial charge in [0.05, 0.1) is 21.7 Å². The molecule has 0 fully saturated rings. The molecule has 2 rings (SSSR count). The zero-order valence-electron chi connectivity index (χ0n) is 11.7. The van der Waals surface area contributed by atoms with Crippen molar-refractivity contribution < 1.29 is 13.3 Å². The van der Waals surface area contributed by atoms with Gasteiger partial charge in [0.15, 0.2) is 0 Å². The van der Waals surface area contributed by atoms with Gasteiger partial charge < -0.3 is 0 Å². The van der Waals surface area contributed by atoms with Crippen molar-refractivity contribution in [3.63, 3.8) is 0 Å². The molecule has 2 aromatic rings. The Hall–Kier alpha value is -2.19. The van der Waals surface area contributed by atoms with E-state index in [1.807, 2.05) is 0 Å². The first-order valence-corrected chi connectivity index (χ1v) is 7.97. The summed E-state index contributed by atoms with van der Waals surface area (Å²) in [5, 5.41) is 10.7. The summed E-state index contributed by atoms with van der Waals surface area (Å²) in [6, 6.07) is 5.02. The summed E-state index contributed by atoms with van der Waals surface area (Å²) in [5.74, 6) is 0. The third kappa shape index (κ3) is 3.34. The maximum atomic E-state index is 12.3. The second-order valence-electron chi connectivity index (χ2n) is 4.62. The predicted molar refractivity (Wildman–Crippen MR) is 82.6 cm³/mol. The van der Waals surface area contributed by atoms with Crippen molar-refractivity contribution in [1.82, 2.24) is 4.98 Å². The molecule has 0 bridgehead atoms. The highest BCUT2D eigenvalue weighted by atomic mass is 35.5.